The molecule has 1 unspecified atom stereocenters. The number of carboxylic acid groups (broad SMARTS) is 1. The van der Waals surface area contributed by atoms with Crippen molar-refractivity contribution in [3.8, 4) is 11.5 Å². The molecule has 1 atom stereocenters. The van der Waals surface area contributed by atoms with E-state index in [4.69, 9.17) is 13.9 Å². The second-order valence-corrected chi connectivity index (χ2v) is 9.99. The van der Waals surface area contributed by atoms with Gasteiger partial charge in [-0.25, -0.2) is 9.59 Å². The molecule has 4 rings (SSSR count). The number of aryl methyl sites for hydroxylation is 2. The molecule has 0 spiro atoms. The third kappa shape index (κ3) is 4.70. The van der Waals surface area contributed by atoms with Crippen molar-refractivity contribution < 1.29 is 28.6 Å². The van der Waals surface area contributed by atoms with E-state index >= 15 is 0 Å². The SMILES string of the molecule is CC(C)CC(NC(=O)COc1cc2c(c3oc(=O)c4c(c13)CCC4)CCC(C)(C)O2)C(=O)O. The van der Waals surface area contributed by atoms with Crippen molar-refractivity contribution in [2.75, 3.05) is 6.61 Å². The third-order valence-electron chi connectivity index (χ3n) is 6.33. The van der Waals surface area contributed by atoms with Crippen molar-refractivity contribution >= 4 is 22.8 Å². The fraction of sp³-hybridized carbons (Fsp3) is 0.560. The van der Waals surface area contributed by atoms with Crippen molar-refractivity contribution in [2.24, 2.45) is 5.92 Å². The second-order valence-electron chi connectivity index (χ2n) is 9.99. The summed E-state index contributed by atoms with van der Waals surface area (Å²) >= 11 is 0. The number of fused-ring (bicyclic) bond motifs is 5. The Kier molecular flexibility index (Phi) is 6.12. The highest BCUT2D eigenvalue weighted by Crippen LogP contribution is 2.44. The Balaban J connectivity index is 1.68. The van der Waals surface area contributed by atoms with E-state index in [1.54, 1.807) is 6.07 Å². The van der Waals surface area contributed by atoms with Gasteiger partial charge in [-0.15, -0.1) is 0 Å². The topological polar surface area (TPSA) is 115 Å². The maximum absolute atomic E-state index is 12.6. The number of amides is 1. The zero-order valence-corrected chi connectivity index (χ0v) is 19.6. The largest absolute Gasteiger partial charge is 0.487 e. The van der Waals surface area contributed by atoms with Crippen LogP contribution in [-0.2, 0) is 28.9 Å². The standard InChI is InChI=1S/C25H31NO7/c1-13(2)10-17(23(28)29)26-20(27)12-31-19-11-18-16(8-9-25(3,4)33-18)22-21(19)14-6-5-7-15(14)24(30)32-22/h11,13,17H,5-10,12H2,1-4H3,(H,26,27)(H,28,29). The molecule has 8 heteroatoms. The van der Waals surface area contributed by atoms with Crippen LogP contribution < -0.4 is 20.4 Å². The van der Waals surface area contributed by atoms with Gasteiger partial charge in [0.25, 0.3) is 5.91 Å². The monoisotopic (exact) mass is 457 g/mol. The van der Waals surface area contributed by atoms with E-state index in [1.165, 1.54) is 0 Å². The van der Waals surface area contributed by atoms with Crippen LogP contribution in [0.25, 0.3) is 11.0 Å². The van der Waals surface area contributed by atoms with E-state index in [-0.39, 0.29) is 23.8 Å². The Labute approximate surface area is 192 Å². The van der Waals surface area contributed by atoms with Gasteiger partial charge in [-0.3, -0.25) is 4.79 Å². The predicted molar refractivity (Wildman–Crippen MR) is 122 cm³/mol. The summed E-state index contributed by atoms with van der Waals surface area (Å²) in [6.07, 6.45) is 4.06. The highest BCUT2D eigenvalue weighted by molar-refractivity contribution is 5.93. The van der Waals surface area contributed by atoms with E-state index in [2.05, 4.69) is 5.32 Å². The van der Waals surface area contributed by atoms with E-state index in [1.807, 2.05) is 27.7 Å². The van der Waals surface area contributed by atoms with Crippen LogP contribution in [0.15, 0.2) is 15.3 Å². The molecule has 0 radical (unpaired) electrons. The summed E-state index contributed by atoms with van der Waals surface area (Å²) in [5.74, 6) is -0.494. The van der Waals surface area contributed by atoms with Gasteiger partial charge in [-0.2, -0.15) is 0 Å². The average molecular weight is 458 g/mol. The Hall–Kier alpha value is -3.03. The van der Waals surface area contributed by atoms with Gasteiger partial charge in [0.15, 0.2) is 6.61 Å². The minimum absolute atomic E-state index is 0.114. The normalized spacial score (nSPS) is 17.2. The molecule has 0 bridgehead atoms. The van der Waals surface area contributed by atoms with E-state index in [9.17, 15) is 19.5 Å². The molecule has 2 heterocycles. The first kappa shape index (κ1) is 23.1. The number of aliphatic carboxylic acids is 1. The lowest BCUT2D eigenvalue weighted by molar-refractivity contribution is -0.142. The number of ether oxygens (including phenoxy) is 2. The summed E-state index contributed by atoms with van der Waals surface area (Å²) in [5.41, 5.74) is 2.18. The average Bonchev–Trinajstić information content (AvgIpc) is 3.20. The Morgan fingerprint density at radius 3 is 2.61 bits per heavy atom. The van der Waals surface area contributed by atoms with Crippen LogP contribution in [0.2, 0.25) is 0 Å². The van der Waals surface area contributed by atoms with Crippen LogP contribution in [0.4, 0.5) is 0 Å². The van der Waals surface area contributed by atoms with Crippen molar-refractivity contribution in [1.82, 2.24) is 5.32 Å². The zero-order valence-electron chi connectivity index (χ0n) is 19.6. The number of benzene rings is 1. The molecule has 1 aromatic heterocycles. The molecule has 1 amide bonds. The summed E-state index contributed by atoms with van der Waals surface area (Å²) < 4.78 is 17.8. The lowest BCUT2D eigenvalue weighted by atomic mass is 9.91. The smallest absolute Gasteiger partial charge is 0.339 e. The van der Waals surface area contributed by atoms with Gasteiger partial charge in [0, 0.05) is 17.2 Å². The molecule has 0 saturated carbocycles. The molecule has 0 saturated heterocycles. The predicted octanol–water partition coefficient (Wildman–Crippen LogP) is 3.38. The van der Waals surface area contributed by atoms with Gasteiger partial charge < -0.3 is 24.3 Å². The van der Waals surface area contributed by atoms with Crippen LogP contribution in [0.3, 0.4) is 0 Å². The summed E-state index contributed by atoms with van der Waals surface area (Å²) in [6, 6.07) is 0.792. The first-order valence-electron chi connectivity index (χ1n) is 11.5. The van der Waals surface area contributed by atoms with Gasteiger partial charge >= 0.3 is 11.6 Å². The lowest BCUT2D eigenvalue weighted by Gasteiger charge is -2.33. The summed E-state index contributed by atoms with van der Waals surface area (Å²) in [6.45, 7) is 7.43. The Bertz CT molecular complexity index is 1160. The number of hydrogen-bond donors (Lipinski definition) is 2. The molecule has 2 N–H and O–H groups in total. The minimum atomic E-state index is -1.08. The van der Waals surface area contributed by atoms with Crippen molar-refractivity contribution in [2.45, 2.75) is 77.9 Å². The molecule has 178 valence electrons. The van der Waals surface area contributed by atoms with E-state index in [0.717, 1.165) is 30.4 Å². The van der Waals surface area contributed by atoms with E-state index in [0.29, 0.717) is 47.3 Å². The third-order valence-corrected chi connectivity index (χ3v) is 6.33. The summed E-state index contributed by atoms with van der Waals surface area (Å²) in [7, 11) is 0. The highest BCUT2D eigenvalue weighted by Gasteiger charge is 2.32. The number of nitrogens with one attached hydrogen (secondary N) is 1. The number of hydrogen-bond acceptors (Lipinski definition) is 6. The Morgan fingerprint density at radius 1 is 1.18 bits per heavy atom. The van der Waals surface area contributed by atoms with Gasteiger partial charge in [0.1, 0.15) is 28.7 Å². The van der Waals surface area contributed by atoms with Gasteiger partial charge in [0.05, 0.1) is 5.39 Å². The van der Waals surface area contributed by atoms with Gasteiger partial charge in [-0.05, 0) is 63.9 Å². The maximum Gasteiger partial charge on any atom is 0.339 e. The minimum Gasteiger partial charge on any atom is -0.487 e. The van der Waals surface area contributed by atoms with Crippen molar-refractivity contribution in [1.29, 1.82) is 0 Å². The first-order valence-corrected chi connectivity index (χ1v) is 11.5. The van der Waals surface area contributed by atoms with Crippen LogP contribution in [0, 0.1) is 5.92 Å². The quantitative estimate of drug-likeness (QED) is 0.613. The van der Waals surface area contributed by atoms with Crippen LogP contribution >= 0.6 is 0 Å². The van der Waals surface area contributed by atoms with Crippen LogP contribution in [0.5, 0.6) is 11.5 Å². The Morgan fingerprint density at radius 2 is 1.91 bits per heavy atom. The maximum atomic E-state index is 12.6. The van der Waals surface area contributed by atoms with Crippen LogP contribution in [-0.4, -0.2) is 35.2 Å². The molecule has 1 aliphatic heterocycles. The van der Waals surface area contributed by atoms with Crippen LogP contribution in [0.1, 0.15) is 63.6 Å². The fourth-order valence-corrected chi connectivity index (χ4v) is 4.74. The van der Waals surface area contributed by atoms with E-state index < -0.39 is 17.9 Å². The molecule has 8 nitrogen and oxygen atoms in total. The number of carbonyl (C=O) groups is 2. The molecule has 33 heavy (non-hydrogen) atoms. The molecule has 1 aliphatic carbocycles. The molecule has 0 fully saturated rings. The molecule has 1 aromatic carbocycles. The van der Waals surface area contributed by atoms with Gasteiger partial charge in [0.2, 0.25) is 0 Å². The summed E-state index contributed by atoms with van der Waals surface area (Å²) in [5, 5.41) is 12.6. The summed E-state index contributed by atoms with van der Waals surface area (Å²) in [4.78, 5) is 36.6. The number of rotatable bonds is 7. The van der Waals surface area contributed by atoms with Crippen molar-refractivity contribution in [3.05, 3.63) is 33.2 Å². The second kappa shape index (κ2) is 8.72. The molecule has 2 aromatic rings. The lowest BCUT2D eigenvalue weighted by Crippen LogP contribution is -2.43. The highest BCUT2D eigenvalue weighted by atomic mass is 16.5. The number of carbonyl (C=O) groups excluding carboxylic acids is 1. The fourth-order valence-electron chi connectivity index (χ4n) is 4.74. The molecular formula is C25H31NO7. The molecular weight excluding hydrogens is 426 g/mol. The molecule has 2 aliphatic rings. The first-order chi connectivity index (χ1) is 15.6. The number of carboxylic acids is 1. The van der Waals surface area contributed by atoms with Gasteiger partial charge in [-0.1, -0.05) is 13.8 Å². The zero-order chi connectivity index (χ0) is 23.9. The van der Waals surface area contributed by atoms with Crippen molar-refractivity contribution in [3.63, 3.8) is 0 Å².